The Kier molecular flexibility index (Phi) is 3.34. The highest BCUT2D eigenvalue weighted by Crippen LogP contribution is 2.32. The Morgan fingerprint density at radius 3 is 2.71 bits per heavy atom. The van der Waals surface area contributed by atoms with Gasteiger partial charge in [-0.05, 0) is 19.1 Å². The molecule has 0 bridgehead atoms. The predicted octanol–water partition coefficient (Wildman–Crippen LogP) is 3.44. The summed E-state index contributed by atoms with van der Waals surface area (Å²) in [4.78, 5) is 12.4. The average Bonchev–Trinajstić information content (AvgIpc) is 2.91. The maximum Gasteiger partial charge on any atom is 0.168 e. The zero-order valence-electron chi connectivity index (χ0n) is 11.0. The number of benzene rings is 1. The van der Waals surface area contributed by atoms with Crippen molar-refractivity contribution >= 4 is 17.2 Å². The van der Waals surface area contributed by atoms with E-state index in [0.29, 0.717) is 27.9 Å². The fourth-order valence-corrected chi connectivity index (χ4v) is 2.71. The maximum atomic E-state index is 13.8. The largest absolute Gasteiger partial charge is 0.383 e. The number of hydrogen-bond donors (Lipinski definition) is 1. The minimum absolute atomic E-state index is 0.115. The number of thiazole rings is 1. The van der Waals surface area contributed by atoms with Crippen LogP contribution in [0.1, 0.15) is 5.82 Å². The number of rotatable bonds is 2. The van der Waals surface area contributed by atoms with E-state index in [1.54, 1.807) is 18.5 Å². The summed E-state index contributed by atoms with van der Waals surface area (Å²) in [5, 5.41) is 2.21. The fraction of sp³-hybridized carbons (Fsp3) is 0.0714. The van der Waals surface area contributed by atoms with E-state index in [0.717, 1.165) is 6.07 Å². The molecule has 0 atom stereocenters. The van der Waals surface area contributed by atoms with Crippen LogP contribution < -0.4 is 5.73 Å². The summed E-state index contributed by atoms with van der Waals surface area (Å²) in [6.45, 7) is 1.73. The molecular weight excluding hydrogens is 294 g/mol. The molecule has 0 aliphatic rings. The molecule has 0 spiro atoms. The van der Waals surface area contributed by atoms with Gasteiger partial charge >= 0.3 is 0 Å². The molecule has 4 nitrogen and oxygen atoms in total. The van der Waals surface area contributed by atoms with Gasteiger partial charge in [0.25, 0.3) is 0 Å². The van der Waals surface area contributed by atoms with E-state index in [1.165, 1.54) is 23.5 Å². The Morgan fingerprint density at radius 2 is 1.95 bits per heavy atom. The van der Waals surface area contributed by atoms with Crippen LogP contribution >= 0.6 is 11.3 Å². The third-order valence-corrected chi connectivity index (χ3v) is 3.78. The number of aromatic nitrogens is 3. The molecule has 0 radical (unpaired) electrons. The van der Waals surface area contributed by atoms with Crippen LogP contribution in [-0.2, 0) is 0 Å². The van der Waals surface area contributed by atoms with Crippen LogP contribution in [0, 0.1) is 18.6 Å². The Morgan fingerprint density at radius 1 is 1.14 bits per heavy atom. The molecule has 3 aromatic rings. The van der Waals surface area contributed by atoms with E-state index in [1.807, 2.05) is 0 Å². The van der Waals surface area contributed by atoms with Gasteiger partial charge in [0.05, 0.1) is 11.3 Å². The first kappa shape index (κ1) is 13.6. The number of nitrogens with two attached hydrogens (primary N) is 1. The van der Waals surface area contributed by atoms with Crippen molar-refractivity contribution in [3.05, 3.63) is 47.2 Å². The van der Waals surface area contributed by atoms with Gasteiger partial charge in [0.1, 0.15) is 16.6 Å². The van der Waals surface area contributed by atoms with E-state index in [9.17, 15) is 8.78 Å². The van der Waals surface area contributed by atoms with Gasteiger partial charge in [-0.2, -0.15) is 0 Å². The van der Waals surface area contributed by atoms with E-state index in [-0.39, 0.29) is 5.56 Å². The Labute approximate surface area is 123 Å². The van der Waals surface area contributed by atoms with Crippen LogP contribution in [0.2, 0.25) is 0 Å². The number of anilines is 1. The standard InChI is InChI=1S/C14H10F2N4S/c1-7-18-5-9(13(17)19-7)14-20-11(6-21-14)8-3-2-4-10(15)12(8)16/h2-6H,1H3,(H2,17,18,19). The second-order valence-electron chi connectivity index (χ2n) is 4.36. The van der Waals surface area contributed by atoms with Gasteiger partial charge in [0, 0.05) is 17.1 Å². The van der Waals surface area contributed by atoms with Crippen molar-refractivity contribution in [2.75, 3.05) is 5.73 Å². The zero-order valence-corrected chi connectivity index (χ0v) is 11.8. The number of hydrogen-bond acceptors (Lipinski definition) is 5. The van der Waals surface area contributed by atoms with Gasteiger partial charge in [-0.25, -0.2) is 23.7 Å². The number of nitrogens with zero attached hydrogens (tertiary/aromatic N) is 3. The molecule has 0 saturated carbocycles. The molecule has 3 rings (SSSR count). The highest BCUT2D eigenvalue weighted by molar-refractivity contribution is 7.13. The second-order valence-corrected chi connectivity index (χ2v) is 5.21. The van der Waals surface area contributed by atoms with Crippen LogP contribution in [0.25, 0.3) is 21.8 Å². The molecule has 2 heterocycles. The smallest absolute Gasteiger partial charge is 0.168 e. The summed E-state index contributed by atoms with van der Waals surface area (Å²) in [6.07, 6.45) is 1.57. The highest BCUT2D eigenvalue weighted by atomic mass is 32.1. The zero-order chi connectivity index (χ0) is 15.0. The van der Waals surface area contributed by atoms with Crippen LogP contribution in [-0.4, -0.2) is 15.0 Å². The lowest BCUT2D eigenvalue weighted by molar-refractivity contribution is 0.511. The summed E-state index contributed by atoms with van der Waals surface area (Å²) in [7, 11) is 0. The van der Waals surface area contributed by atoms with Crippen molar-refractivity contribution in [2.24, 2.45) is 0 Å². The van der Waals surface area contributed by atoms with Gasteiger partial charge < -0.3 is 5.73 Å². The van der Waals surface area contributed by atoms with Crippen molar-refractivity contribution in [3.8, 4) is 21.8 Å². The molecule has 7 heteroatoms. The van der Waals surface area contributed by atoms with E-state index in [2.05, 4.69) is 15.0 Å². The SMILES string of the molecule is Cc1ncc(-c2nc(-c3cccc(F)c3F)cs2)c(N)n1. The van der Waals surface area contributed by atoms with Crippen molar-refractivity contribution in [1.29, 1.82) is 0 Å². The molecule has 1 aromatic carbocycles. The fourth-order valence-electron chi connectivity index (χ4n) is 1.88. The molecule has 0 unspecified atom stereocenters. The minimum atomic E-state index is -0.914. The molecular formula is C14H10F2N4S. The van der Waals surface area contributed by atoms with Crippen molar-refractivity contribution in [3.63, 3.8) is 0 Å². The van der Waals surface area contributed by atoms with Crippen molar-refractivity contribution in [1.82, 2.24) is 15.0 Å². The third kappa shape index (κ3) is 2.47. The van der Waals surface area contributed by atoms with Gasteiger partial charge in [-0.15, -0.1) is 11.3 Å². The predicted molar refractivity (Wildman–Crippen MR) is 77.6 cm³/mol. The van der Waals surface area contributed by atoms with Gasteiger partial charge in [0.2, 0.25) is 0 Å². The first-order valence-corrected chi connectivity index (χ1v) is 6.93. The molecule has 0 aliphatic heterocycles. The van der Waals surface area contributed by atoms with Gasteiger partial charge in [-0.1, -0.05) is 6.07 Å². The van der Waals surface area contributed by atoms with Crippen LogP contribution in [0.5, 0.6) is 0 Å². The normalized spacial score (nSPS) is 10.8. The molecule has 0 fully saturated rings. The lowest BCUT2D eigenvalue weighted by Crippen LogP contribution is -1.98. The van der Waals surface area contributed by atoms with E-state index in [4.69, 9.17) is 5.73 Å². The quantitative estimate of drug-likeness (QED) is 0.787. The van der Waals surface area contributed by atoms with E-state index < -0.39 is 11.6 Å². The molecule has 0 saturated heterocycles. The molecule has 2 N–H and O–H groups in total. The monoisotopic (exact) mass is 304 g/mol. The van der Waals surface area contributed by atoms with Crippen LogP contribution in [0.15, 0.2) is 29.8 Å². The molecule has 0 amide bonds. The summed E-state index contributed by atoms with van der Waals surface area (Å²) in [5.74, 6) is -0.949. The molecule has 21 heavy (non-hydrogen) atoms. The number of halogens is 2. The first-order valence-electron chi connectivity index (χ1n) is 6.05. The van der Waals surface area contributed by atoms with E-state index >= 15 is 0 Å². The summed E-state index contributed by atoms with van der Waals surface area (Å²) in [6, 6.07) is 3.99. The average molecular weight is 304 g/mol. The third-order valence-electron chi connectivity index (χ3n) is 2.90. The Balaban J connectivity index is 2.06. The summed E-state index contributed by atoms with van der Waals surface area (Å²) >= 11 is 1.27. The first-order chi connectivity index (χ1) is 10.1. The lowest BCUT2D eigenvalue weighted by atomic mass is 10.1. The van der Waals surface area contributed by atoms with Crippen molar-refractivity contribution in [2.45, 2.75) is 6.92 Å². The Bertz CT molecular complexity index is 816. The topological polar surface area (TPSA) is 64.7 Å². The molecule has 0 aliphatic carbocycles. The van der Waals surface area contributed by atoms with Gasteiger partial charge in [-0.3, -0.25) is 0 Å². The maximum absolute atomic E-state index is 13.8. The minimum Gasteiger partial charge on any atom is -0.383 e. The second kappa shape index (κ2) is 5.17. The lowest BCUT2D eigenvalue weighted by Gasteiger charge is -2.02. The molecule has 2 aromatic heterocycles. The number of nitrogen functional groups attached to an aromatic ring is 1. The van der Waals surface area contributed by atoms with Crippen molar-refractivity contribution < 1.29 is 8.78 Å². The summed E-state index contributed by atoms with van der Waals surface area (Å²) < 4.78 is 27.0. The van der Waals surface area contributed by atoms with Gasteiger partial charge in [0.15, 0.2) is 11.6 Å². The highest BCUT2D eigenvalue weighted by Gasteiger charge is 2.15. The van der Waals surface area contributed by atoms with Crippen LogP contribution in [0.4, 0.5) is 14.6 Å². The summed E-state index contributed by atoms with van der Waals surface area (Å²) in [5.41, 5.74) is 6.88. The molecule has 106 valence electrons. The Hall–Kier alpha value is -2.41. The number of aryl methyl sites for hydroxylation is 1. The van der Waals surface area contributed by atoms with Crippen LogP contribution in [0.3, 0.4) is 0 Å².